The smallest absolute Gasteiger partial charge is 0.389 e. The molecule has 0 radical (unpaired) electrons. The first-order valence-electron chi connectivity index (χ1n) is 5.46. The van der Waals surface area contributed by atoms with Crippen LogP contribution in [0.2, 0.25) is 0 Å². The van der Waals surface area contributed by atoms with Crippen LogP contribution in [0.15, 0.2) is 4.42 Å². The normalized spacial score (nSPS) is 11.7. The predicted molar refractivity (Wildman–Crippen MR) is 53.9 cm³/mol. The largest absolute Gasteiger partial charge is 0.481 e. The molecule has 1 heterocycles. The maximum absolute atomic E-state index is 11.9. The van der Waals surface area contributed by atoms with Crippen molar-refractivity contribution in [2.75, 3.05) is 0 Å². The van der Waals surface area contributed by atoms with E-state index in [2.05, 4.69) is 10.2 Å². The fourth-order valence-corrected chi connectivity index (χ4v) is 1.29. The predicted octanol–water partition coefficient (Wildman–Crippen LogP) is 2.36. The molecule has 102 valence electrons. The van der Waals surface area contributed by atoms with E-state index in [1.54, 1.807) is 0 Å². The molecule has 0 fully saturated rings. The molecule has 5 nitrogen and oxygen atoms in total. The van der Waals surface area contributed by atoms with Crippen molar-refractivity contribution >= 4 is 5.97 Å². The maximum atomic E-state index is 11.9. The van der Waals surface area contributed by atoms with Crippen LogP contribution in [0.25, 0.3) is 0 Å². The number of carboxylic acids is 1. The number of aliphatic carboxylic acids is 1. The van der Waals surface area contributed by atoms with Gasteiger partial charge in [0.2, 0.25) is 11.8 Å². The molecule has 0 bridgehead atoms. The molecule has 0 aliphatic carbocycles. The van der Waals surface area contributed by atoms with Crippen molar-refractivity contribution in [3.8, 4) is 0 Å². The van der Waals surface area contributed by atoms with E-state index in [4.69, 9.17) is 9.52 Å². The Hall–Kier alpha value is -1.60. The summed E-state index contributed by atoms with van der Waals surface area (Å²) >= 11 is 0. The zero-order valence-corrected chi connectivity index (χ0v) is 9.53. The van der Waals surface area contributed by atoms with Crippen LogP contribution in [0.4, 0.5) is 13.2 Å². The molecule has 0 aliphatic rings. The van der Waals surface area contributed by atoms with Crippen molar-refractivity contribution in [1.29, 1.82) is 0 Å². The van der Waals surface area contributed by atoms with Crippen molar-refractivity contribution in [2.45, 2.75) is 44.7 Å². The van der Waals surface area contributed by atoms with E-state index in [0.717, 1.165) is 0 Å². The Labute approximate surface area is 101 Å². The highest BCUT2D eigenvalue weighted by Gasteiger charge is 2.27. The number of unbranched alkanes of at least 4 members (excludes halogenated alkanes) is 1. The molecule has 0 saturated heterocycles. The first kappa shape index (κ1) is 14.5. The SMILES string of the molecule is O=C(O)CCCCc1nnc(CCC(F)(F)F)o1. The van der Waals surface area contributed by atoms with Gasteiger partial charge in [0, 0.05) is 19.3 Å². The summed E-state index contributed by atoms with van der Waals surface area (Å²) < 4.78 is 40.8. The first-order valence-corrected chi connectivity index (χ1v) is 5.46. The lowest BCUT2D eigenvalue weighted by atomic mass is 10.2. The van der Waals surface area contributed by atoms with Crippen LogP contribution < -0.4 is 0 Å². The summed E-state index contributed by atoms with van der Waals surface area (Å²) in [5, 5.41) is 15.5. The molecule has 0 amide bonds. The van der Waals surface area contributed by atoms with Crippen LogP contribution >= 0.6 is 0 Å². The van der Waals surface area contributed by atoms with Gasteiger partial charge in [-0.2, -0.15) is 13.2 Å². The number of carboxylic acid groups (broad SMARTS) is 1. The van der Waals surface area contributed by atoms with E-state index < -0.39 is 18.6 Å². The monoisotopic (exact) mass is 266 g/mol. The van der Waals surface area contributed by atoms with Crippen molar-refractivity contribution in [2.24, 2.45) is 0 Å². The van der Waals surface area contributed by atoms with Gasteiger partial charge in [-0.05, 0) is 12.8 Å². The fourth-order valence-electron chi connectivity index (χ4n) is 1.29. The number of hydrogen-bond acceptors (Lipinski definition) is 4. The highest BCUT2D eigenvalue weighted by atomic mass is 19.4. The standard InChI is InChI=1S/C10H13F3N2O3/c11-10(12,13)6-5-8-15-14-7(18-8)3-1-2-4-9(16)17/h1-6H2,(H,16,17). The molecule has 0 aromatic carbocycles. The first-order chi connectivity index (χ1) is 8.37. The van der Waals surface area contributed by atoms with Gasteiger partial charge in [0.05, 0.1) is 6.42 Å². The quantitative estimate of drug-likeness (QED) is 0.766. The van der Waals surface area contributed by atoms with Crippen molar-refractivity contribution in [3.05, 3.63) is 11.8 Å². The lowest BCUT2D eigenvalue weighted by Gasteiger charge is -2.02. The lowest BCUT2D eigenvalue weighted by Crippen LogP contribution is -2.08. The average molecular weight is 266 g/mol. The Balaban J connectivity index is 2.28. The molecule has 0 atom stereocenters. The van der Waals surface area contributed by atoms with E-state index in [1.807, 2.05) is 0 Å². The van der Waals surface area contributed by atoms with Crippen LogP contribution in [-0.4, -0.2) is 27.4 Å². The van der Waals surface area contributed by atoms with Crippen LogP contribution in [0.3, 0.4) is 0 Å². The van der Waals surface area contributed by atoms with E-state index in [-0.39, 0.29) is 24.6 Å². The third kappa shape index (κ3) is 6.21. The van der Waals surface area contributed by atoms with Crippen LogP contribution in [0, 0.1) is 0 Å². The second-order valence-electron chi connectivity index (χ2n) is 3.81. The summed E-state index contributed by atoms with van der Waals surface area (Å²) in [4.78, 5) is 10.2. The molecule has 0 unspecified atom stereocenters. The molecule has 8 heteroatoms. The van der Waals surface area contributed by atoms with Crippen molar-refractivity contribution < 1.29 is 27.5 Å². The molecule has 1 rings (SSSR count). The molecule has 1 aromatic heterocycles. The van der Waals surface area contributed by atoms with Gasteiger partial charge in [-0.15, -0.1) is 10.2 Å². The van der Waals surface area contributed by atoms with Crippen LogP contribution in [0.5, 0.6) is 0 Å². The van der Waals surface area contributed by atoms with Gasteiger partial charge in [0.1, 0.15) is 0 Å². The molecule has 18 heavy (non-hydrogen) atoms. The number of carbonyl (C=O) groups is 1. The van der Waals surface area contributed by atoms with Gasteiger partial charge >= 0.3 is 12.1 Å². The van der Waals surface area contributed by atoms with Crippen molar-refractivity contribution in [1.82, 2.24) is 10.2 Å². The third-order valence-corrected chi connectivity index (χ3v) is 2.16. The molecule has 1 aromatic rings. The summed E-state index contributed by atoms with van der Waals surface area (Å²) in [5.74, 6) is -0.676. The summed E-state index contributed by atoms with van der Waals surface area (Å²) in [6.45, 7) is 0. The summed E-state index contributed by atoms with van der Waals surface area (Å²) in [7, 11) is 0. The maximum Gasteiger partial charge on any atom is 0.389 e. The molecule has 0 spiro atoms. The Morgan fingerprint density at radius 2 is 1.78 bits per heavy atom. The minimum Gasteiger partial charge on any atom is -0.481 e. The van der Waals surface area contributed by atoms with E-state index in [9.17, 15) is 18.0 Å². The summed E-state index contributed by atoms with van der Waals surface area (Å²) in [6.07, 6.45) is -4.11. The minimum atomic E-state index is -4.24. The Morgan fingerprint density at radius 3 is 2.33 bits per heavy atom. The van der Waals surface area contributed by atoms with Crippen LogP contribution in [-0.2, 0) is 17.6 Å². The molecular formula is C10H13F3N2O3. The molecular weight excluding hydrogens is 253 g/mol. The third-order valence-electron chi connectivity index (χ3n) is 2.16. The topological polar surface area (TPSA) is 76.2 Å². The Morgan fingerprint density at radius 1 is 1.17 bits per heavy atom. The zero-order valence-electron chi connectivity index (χ0n) is 9.53. The highest BCUT2D eigenvalue weighted by molar-refractivity contribution is 5.66. The number of aromatic nitrogens is 2. The molecule has 0 aliphatic heterocycles. The number of rotatable bonds is 7. The number of hydrogen-bond donors (Lipinski definition) is 1. The van der Waals surface area contributed by atoms with Crippen LogP contribution in [0.1, 0.15) is 37.5 Å². The fraction of sp³-hybridized carbons (Fsp3) is 0.700. The minimum absolute atomic E-state index is 0.0411. The molecule has 1 N–H and O–H groups in total. The zero-order chi connectivity index (χ0) is 13.6. The van der Waals surface area contributed by atoms with E-state index in [1.165, 1.54) is 0 Å². The number of aryl methyl sites for hydroxylation is 2. The highest BCUT2D eigenvalue weighted by Crippen LogP contribution is 2.21. The van der Waals surface area contributed by atoms with E-state index >= 15 is 0 Å². The lowest BCUT2D eigenvalue weighted by molar-refractivity contribution is -0.137. The van der Waals surface area contributed by atoms with Gasteiger partial charge in [-0.1, -0.05) is 0 Å². The van der Waals surface area contributed by atoms with Gasteiger partial charge < -0.3 is 9.52 Å². The Bertz CT molecular complexity index is 390. The number of halogens is 3. The van der Waals surface area contributed by atoms with Gasteiger partial charge in [0.25, 0.3) is 0 Å². The van der Waals surface area contributed by atoms with Crippen molar-refractivity contribution in [3.63, 3.8) is 0 Å². The second-order valence-corrected chi connectivity index (χ2v) is 3.81. The second kappa shape index (κ2) is 6.36. The number of alkyl halides is 3. The van der Waals surface area contributed by atoms with Gasteiger partial charge in [-0.25, -0.2) is 0 Å². The molecule has 0 saturated carbocycles. The van der Waals surface area contributed by atoms with E-state index in [0.29, 0.717) is 19.3 Å². The summed E-state index contributed by atoms with van der Waals surface area (Å²) in [5.41, 5.74) is 0. The average Bonchev–Trinajstić information content (AvgIpc) is 2.68. The van der Waals surface area contributed by atoms with Gasteiger partial charge in [0.15, 0.2) is 0 Å². The number of nitrogens with zero attached hydrogens (tertiary/aromatic N) is 2. The van der Waals surface area contributed by atoms with Gasteiger partial charge in [-0.3, -0.25) is 4.79 Å². The Kier molecular flexibility index (Phi) is 5.11. The summed E-state index contributed by atoms with van der Waals surface area (Å²) in [6, 6.07) is 0.